The summed E-state index contributed by atoms with van der Waals surface area (Å²) < 4.78 is 34.4. The Morgan fingerprint density at radius 1 is 0.756 bits per heavy atom. The van der Waals surface area contributed by atoms with Crippen LogP contribution < -0.4 is 9.47 Å². The maximum Gasteiger partial charge on any atom is 0.333 e. The van der Waals surface area contributed by atoms with Crippen molar-refractivity contribution in [3.8, 4) is 11.5 Å². The molecule has 0 bridgehead atoms. The highest BCUT2D eigenvalue weighted by Crippen LogP contribution is 2.30. The molecule has 0 saturated heterocycles. The molecule has 2 atom stereocenters. The molecule has 2 unspecified atom stereocenters. The van der Waals surface area contributed by atoms with Gasteiger partial charge in [0.25, 0.3) is 0 Å². The topological polar surface area (TPSA) is 89.5 Å². The Labute approximate surface area is 244 Å². The number of benzene rings is 2. The molecule has 2 aromatic rings. The standard InChI is InChI=1S/C33H46O8/c1-8-10-16-36-19-28(40-32(34)23(3)4)21-38-27-13-14-30-25(7)31(15-12-26(30)18-27)39-22-29(20-37-17-11-9-2)41-33(35)24(5)6/h12-15,18,28-29H,3,5,8-11,16-17,19-22H2,1-2,4,6-7H3. The molecule has 0 heterocycles. The van der Waals surface area contributed by atoms with Crippen LogP contribution in [0, 0.1) is 6.92 Å². The molecule has 0 fully saturated rings. The summed E-state index contributed by atoms with van der Waals surface area (Å²) in [6, 6.07) is 9.60. The number of carbonyl (C=O) groups is 2. The highest BCUT2D eigenvalue weighted by Gasteiger charge is 2.19. The van der Waals surface area contributed by atoms with E-state index < -0.39 is 24.1 Å². The van der Waals surface area contributed by atoms with Gasteiger partial charge in [-0.25, -0.2) is 9.59 Å². The SMILES string of the molecule is C=C(C)C(=O)OC(COCCCC)COc1ccc2c(C)c(OCC(COCCCC)OC(=O)C(=C)C)ccc2c1. The molecule has 8 heteroatoms. The second-order valence-corrected chi connectivity index (χ2v) is 10.2. The largest absolute Gasteiger partial charge is 0.490 e. The van der Waals surface area contributed by atoms with Crippen LogP contribution in [0.25, 0.3) is 10.8 Å². The third kappa shape index (κ3) is 12.0. The van der Waals surface area contributed by atoms with E-state index in [1.807, 2.05) is 37.3 Å². The highest BCUT2D eigenvalue weighted by molar-refractivity contribution is 5.89. The van der Waals surface area contributed by atoms with Crippen molar-refractivity contribution in [2.75, 3.05) is 39.6 Å². The van der Waals surface area contributed by atoms with E-state index in [9.17, 15) is 9.59 Å². The number of hydrogen-bond donors (Lipinski definition) is 0. The van der Waals surface area contributed by atoms with Gasteiger partial charge in [-0.05, 0) is 68.1 Å². The van der Waals surface area contributed by atoms with Crippen molar-refractivity contribution in [1.82, 2.24) is 0 Å². The molecule has 2 rings (SSSR count). The molecule has 0 saturated carbocycles. The molecular formula is C33H46O8. The Morgan fingerprint density at radius 3 is 1.80 bits per heavy atom. The van der Waals surface area contributed by atoms with Crippen LogP contribution in [0.3, 0.4) is 0 Å². The van der Waals surface area contributed by atoms with Gasteiger partial charge >= 0.3 is 11.9 Å². The lowest BCUT2D eigenvalue weighted by Crippen LogP contribution is -2.30. The summed E-state index contributed by atoms with van der Waals surface area (Å²) in [5, 5.41) is 1.97. The summed E-state index contributed by atoms with van der Waals surface area (Å²) in [7, 11) is 0. The van der Waals surface area contributed by atoms with Crippen molar-refractivity contribution in [1.29, 1.82) is 0 Å². The molecule has 2 aromatic carbocycles. The lowest BCUT2D eigenvalue weighted by Gasteiger charge is -2.20. The summed E-state index contributed by atoms with van der Waals surface area (Å²) in [5.74, 6) is 0.395. The molecule has 226 valence electrons. The number of unbranched alkanes of at least 4 members (excludes halogenated alkanes) is 2. The van der Waals surface area contributed by atoms with E-state index >= 15 is 0 Å². The van der Waals surface area contributed by atoms with E-state index in [2.05, 4.69) is 27.0 Å². The summed E-state index contributed by atoms with van der Waals surface area (Å²) in [6.45, 7) is 18.7. The molecule has 0 N–H and O–H groups in total. The van der Waals surface area contributed by atoms with Crippen LogP contribution in [-0.2, 0) is 28.5 Å². The summed E-state index contributed by atoms with van der Waals surface area (Å²) >= 11 is 0. The van der Waals surface area contributed by atoms with Gasteiger partial charge in [0.15, 0.2) is 12.2 Å². The Kier molecular flexibility index (Phi) is 15.0. The van der Waals surface area contributed by atoms with E-state index in [0.29, 0.717) is 35.9 Å². The van der Waals surface area contributed by atoms with Crippen LogP contribution in [0.15, 0.2) is 54.6 Å². The number of rotatable bonds is 20. The minimum atomic E-state index is -0.556. The first-order chi connectivity index (χ1) is 19.7. The Balaban J connectivity index is 2.07. The third-order valence-corrected chi connectivity index (χ3v) is 6.21. The smallest absolute Gasteiger partial charge is 0.333 e. The zero-order valence-corrected chi connectivity index (χ0v) is 25.3. The minimum absolute atomic E-state index is 0.154. The fourth-order valence-electron chi connectivity index (χ4n) is 3.72. The predicted molar refractivity (Wildman–Crippen MR) is 161 cm³/mol. The second-order valence-electron chi connectivity index (χ2n) is 10.2. The van der Waals surface area contributed by atoms with Gasteiger partial charge in [-0.3, -0.25) is 0 Å². The number of esters is 2. The van der Waals surface area contributed by atoms with Crippen molar-refractivity contribution in [2.45, 2.75) is 72.5 Å². The van der Waals surface area contributed by atoms with Crippen LogP contribution in [0.1, 0.15) is 58.9 Å². The lowest BCUT2D eigenvalue weighted by atomic mass is 10.0. The number of aryl methyl sites for hydroxylation is 1. The van der Waals surface area contributed by atoms with E-state index in [1.54, 1.807) is 13.8 Å². The monoisotopic (exact) mass is 570 g/mol. The Morgan fingerprint density at radius 2 is 1.29 bits per heavy atom. The van der Waals surface area contributed by atoms with Gasteiger partial charge in [0.05, 0.1) is 13.2 Å². The fraction of sp³-hybridized carbons (Fsp3) is 0.515. The first-order valence-electron chi connectivity index (χ1n) is 14.3. The van der Waals surface area contributed by atoms with Gasteiger partial charge in [0.2, 0.25) is 0 Å². The number of fused-ring (bicyclic) bond motifs is 1. The molecular weight excluding hydrogens is 524 g/mol. The molecule has 0 amide bonds. The molecule has 0 spiro atoms. The minimum Gasteiger partial charge on any atom is -0.490 e. The average Bonchev–Trinajstić information content (AvgIpc) is 2.95. The van der Waals surface area contributed by atoms with Crippen LogP contribution in [0.2, 0.25) is 0 Å². The van der Waals surface area contributed by atoms with Crippen LogP contribution in [0.5, 0.6) is 11.5 Å². The fourth-order valence-corrected chi connectivity index (χ4v) is 3.72. The molecule has 41 heavy (non-hydrogen) atoms. The molecule has 0 aliphatic carbocycles. The van der Waals surface area contributed by atoms with Crippen LogP contribution in [-0.4, -0.2) is 63.8 Å². The van der Waals surface area contributed by atoms with Gasteiger partial charge in [-0.1, -0.05) is 52.0 Å². The summed E-state index contributed by atoms with van der Waals surface area (Å²) in [5.41, 5.74) is 1.60. The zero-order valence-electron chi connectivity index (χ0n) is 25.3. The summed E-state index contributed by atoms with van der Waals surface area (Å²) in [4.78, 5) is 24.2. The molecule has 8 nitrogen and oxygen atoms in total. The Hall–Kier alpha value is -3.36. The maximum absolute atomic E-state index is 12.1. The normalized spacial score (nSPS) is 12.4. The molecule has 0 aliphatic rings. The average molecular weight is 571 g/mol. The van der Waals surface area contributed by atoms with Crippen LogP contribution >= 0.6 is 0 Å². The first-order valence-corrected chi connectivity index (χ1v) is 14.3. The molecule has 0 radical (unpaired) electrons. The lowest BCUT2D eigenvalue weighted by molar-refractivity contribution is -0.150. The van der Waals surface area contributed by atoms with Crippen molar-refractivity contribution in [2.24, 2.45) is 0 Å². The zero-order chi connectivity index (χ0) is 30.2. The molecule has 0 aliphatic heterocycles. The molecule has 0 aromatic heterocycles. The van der Waals surface area contributed by atoms with Gasteiger partial charge < -0.3 is 28.4 Å². The highest BCUT2D eigenvalue weighted by atomic mass is 16.6. The van der Waals surface area contributed by atoms with Gasteiger partial charge in [-0.15, -0.1) is 0 Å². The van der Waals surface area contributed by atoms with Gasteiger partial charge in [0.1, 0.15) is 24.7 Å². The van der Waals surface area contributed by atoms with Crippen molar-refractivity contribution in [3.63, 3.8) is 0 Å². The Bertz CT molecular complexity index is 1160. The van der Waals surface area contributed by atoms with Crippen molar-refractivity contribution >= 4 is 22.7 Å². The second kappa shape index (κ2) is 18.1. The summed E-state index contributed by atoms with van der Waals surface area (Å²) in [6.07, 6.45) is 2.80. The van der Waals surface area contributed by atoms with E-state index in [-0.39, 0.29) is 26.4 Å². The van der Waals surface area contributed by atoms with E-state index in [1.165, 1.54) is 0 Å². The van der Waals surface area contributed by atoms with E-state index in [0.717, 1.165) is 42.0 Å². The quantitative estimate of drug-likeness (QED) is 0.101. The van der Waals surface area contributed by atoms with Crippen molar-refractivity contribution in [3.05, 3.63) is 60.2 Å². The van der Waals surface area contributed by atoms with Gasteiger partial charge in [-0.2, -0.15) is 0 Å². The third-order valence-electron chi connectivity index (χ3n) is 6.21. The first kappa shape index (κ1) is 33.8. The number of carbonyl (C=O) groups excluding carboxylic acids is 2. The number of ether oxygens (including phenoxy) is 6. The predicted octanol–water partition coefficient (Wildman–Crippen LogP) is 6.52. The van der Waals surface area contributed by atoms with Crippen molar-refractivity contribution < 1.29 is 38.0 Å². The van der Waals surface area contributed by atoms with E-state index in [4.69, 9.17) is 28.4 Å². The number of hydrogen-bond acceptors (Lipinski definition) is 8. The van der Waals surface area contributed by atoms with Gasteiger partial charge in [0, 0.05) is 24.4 Å². The maximum atomic E-state index is 12.1. The van der Waals surface area contributed by atoms with Crippen LogP contribution in [0.4, 0.5) is 0 Å².